The number of anilines is 1. The van der Waals surface area contributed by atoms with E-state index in [-0.39, 0.29) is 17.9 Å². The quantitative estimate of drug-likeness (QED) is 0.359. The van der Waals surface area contributed by atoms with Crippen LogP contribution in [0.5, 0.6) is 0 Å². The molecule has 1 aromatic carbocycles. The molecule has 5 rings (SSSR count). The molecule has 2 aromatic heterocycles. The maximum atomic E-state index is 12.8. The third-order valence-electron chi connectivity index (χ3n) is 5.91. The lowest BCUT2D eigenvalue weighted by Gasteiger charge is -2.31. The summed E-state index contributed by atoms with van der Waals surface area (Å²) in [5.74, 6) is 1.01. The number of fused-ring (bicyclic) bond motifs is 1. The van der Waals surface area contributed by atoms with Gasteiger partial charge in [0.15, 0.2) is 4.34 Å². The second-order valence-electron chi connectivity index (χ2n) is 8.16. The second-order valence-corrected chi connectivity index (χ2v) is 11.4. The molecule has 3 aromatic rings. The van der Waals surface area contributed by atoms with E-state index < -0.39 is 0 Å². The Bertz CT molecular complexity index is 1080. The second kappa shape index (κ2) is 9.44. The zero-order chi connectivity index (χ0) is 22.1. The standard InChI is InChI=1S/C22H25N5O2S3/c1-2-18(28)27(15-7-8-15)21-24-25-22(32-21)30-13-19(29)26-11-9-14(10-12-26)20-23-16-5-3-4-6-17(16)31-20/h3-6,14-15H,2,7-13H2,1H3. The molecule has 0 spiro atoms. The lowest BCUT2D eigenvalue weighted by molar-refractivity contribution is -0.129. The van der Waals surface area contributed by atoms with E-state index in [2.05, 4.69) is 28.4 Å². The fourth-order valence-corrected chi connectivity index (χ4v) is 6.95. The summed E-state index contributed by atoms with van der Waals surface area (Å²) in [7, 11) is 0. The van der Waals surface area contributed by atoms with Crippen molar-refractivity contribution >= 4 is 61.6 Å². The van der Waals surface area contributed by atoms with Gasteiger partial charge in [-0.2, -0.15) is 0 Å². The Labute approximate surface area is 199 Å². The minimum atomic E-state index is 0.0901. The number of carbonyl (C=O) groups excluding carboxylic acids is 2. The number of benzene rings is 1. The van der Waals surface area contributed by atoms with Crippen molar-refractivity contribution in [2.45, 2.75) is 55.3 Å². The smallest absolute Gasteiger partial charge is 0.233 e. The van der Waals surface area contributed by atoms with E-state index in [1.54, 1.807) is 16.2 Å². The van der Waals surface area contributed by atoms with Crippen LogP contribution in [0, 0.1) is 0 Å². The third-order valence-corrected chi connectivity index (χ3v) is 9.15. The number of thiazole rings is 1. The molecule has 3 heterocycles. The first-order chi connectivity index (χ1) is 15.6. The average molecular weight is 488 g/mol. The number of nitrogens with zero attached hydrogens (tertiary/aromatic N) is 5. The van der Waals surface area contributed by atoms with Gasteiger partial charge in [0, 0.05) is 31.5 Å². The highest BCUT2D eigenvalue weighted by atomic mass is 32.2. The zero-order valence-corrected chi connectivity index (χ0v) is 20.3. The summed E-state index contributed by atoms with van der Waals surface area (Å²) in [5.41, 5.74) is 1.07. The number of likely N-dealkylation sites (tertiary alicyclic amines) is 1. The van der Waals surface area contributed by atoms with Crippen molar-refractivity contribution < 1.29 is 9.59 Å². The predicted molar refractivity (Wildman–Crippen MR) is 130 cm³/mol. The number of hydrogen-bond acceptors (Lipinski definition) is 8. The van der Waals surface area contributed by atoms with Crippen molar-refractivity contribution in [3.63, 3.8) is 0 Å². The van der Waals surface area contributed by atoms with Crippen molar-refractivity contribution in [2.24, 2.45) is 0 Å². The van der Waals surface area contributed by atoms with Gasteiger partial charge in [0.1, 0.15) is 0 Å². The molecule has 1 saturated carbocycles. The number of rotatable bonds is 7. The van der Waals surface area contributed by atoms with Gasteiger partial charge >= 0.3 is 0 Å². The van der Waals surface area contributed by atoms with Crippen molar-refractivity contribution in [3.8, 4) is 0 Å². The molecule has 2 aliphatic rings. The van der Waals surface area contributed by atoms with E-state index in [0.717, 1.165) is 48.6 Å². The van der Waals surface area contributed by atoms with E-state index >= 15 is 0 Å². The van der Waals surface area contributed by atoms with Gasteiger partial charge in [0.2, 0.25) is 16.9 Å². The highest BCUT2D eigenvalue weighted by Gasteiger charge is 2.35. The molecule has 1 aliphatic heterocycles. The Morgan fingerprint density at radius 3 is 2.62 bits per heavy atom. The number of carbonyl (C=O) groups is 2. The third kappa shape index (κ3) is 4.67. The number of hydrogen-bond donors (Lipinski definition) is 0. The molecule has 32 heavy (non-hydrogen) atoms. The Morgan fingerprint density at radius 1 is 1.12 bits per heavy atom. The number of amides is 2. The first kappa shape index (κ1) is 21.8. The molecule has 0 unspecified atom stereocenters. The minimum absolute atomic E-state index is 0.0901. The molecule has 7 nitrogen and oxygen atoms in total. The monoisotopic (exact) mass is 487 g/mol. The molecule has 1 aliphatic carbocycles. The zero-order valence-electron chi connectivity index (χ0n) is 17.9. The van der Waals surface area contributed by atoms with Gasteiger partial charge in [0.05, 0.1) is 21.0 Å². The summed E-state index contributed by atoms with van der Waals surface area (Å²) >= 11 is 4.60. The van der Waals surface area contributed by atoms with Gasteiger partial charge < -0.3 is 4.90 Å². The van der Waals surface area contributed by atoms with Gasteiger partial charge in [0.25, 0.3) is 0 Å². The van der Waals surface area contributed by atoms with Gasteiger partial charge in [-0.05, 0) is 37.8 Å². The van der Waals surface area contributed by atoms with Crippen LogP contribution < -0.4 is 4.90 Å². The maximum absolute atomic E-state index is 12.8. The molecule has 0 bridgehead atoms. The normalized spacial score (nSPS) is 17.1. The molecule has 0 radical (unpaired) electrons. The fraction of sp³-hybridized carbons (Fsp3) is 0.500. The molecule has 10 heteroatoms. The van der Waals surface area contributed by atoms with Crippen LogP contribution in [0.15, 0.2) is 28.6 Å². The van der Waals surface area contributed by atoms with E-state index in [0.29, 0.717) is 23.2 Å². The van der Waals surface area contributed by atoms with Crippen LogP contribution >= 0.6 is 34.4 Å². The lowest BCUT2D eigenvalue weighted by Crippen LogP contribution is -2.38. The summed E-state index contributed by atoms with van der Waals surface area (Å²) in [5, 5.41) is 10.3. The van der Waals surface area contributed by atoms with Crippen molar-refractivity contribution in [3.05, 3.63) is 29.3 Å². The average Bonchev–Trinajstić information content (AvgIpc) is 3.38. The Morgan fingerprint density at radius 2 is 1.91 bits per heavy atom. The highest BCUT2D eigenvalue weighted by Crippen LogP contribution is 2.37. The van der Waals surface area contributed by atoms with E-state index in [1.165, 1.54) is 32.8 Å². The maximum Gasteiger partial charge on any atom is 0.233 e. The van der Waals surface area contributed by atoms with E-state index in [4.69, 9.17) is 4.98 Å². The van der Waals surface area contributed by atoms with Crippen LogP contribution in [-0.2, 0) is 9.59 Å². The van der Waals surface area contributed by atoms with Crippen LogP contribution in [0.1, 0.15) is 50.0 Å². The Balaban J connectivity index is 1.13. The van der Waals surface area contributed by atoms with Gasteiger partial charge in [-0.1, -0.05) is 42.2 Å². The fourth-order valence-electron chi connectivity index (χ4n) is 3.98. The molecule has 2 amide bonds. The van der Waals surface area contributed by atoms with Crippen molar-refractivity contribution in [1.82, 2.24) is 20.1 Å². The van der Waals surface area contributed by atoms with Crippen molar-refractivity contribution in [1.29, 1.82) is 0 Å². The van der Waals surface area contributed by atoms with E-state index in [1.807, 2.05) is 17.9 Å². The summed E-state index contributed by atoms with van der Waals surface area (Å²) < 4.78 is 1.97. The molecular formula is C22H25N5O2S3. The topological polar surface area (TPSA) is 79.3 Å². The number of para-hydroxylation sites is 1. The van der Waals surface area contributed by atoms with Crippen molar-refractivity contribution in [2.75, 3.05) is 23.7 Å². The van der Waals surface area contributed by atoms with E-state index in [9.17, 15) is 9.59 Å². The van der Waals surface area contributed by atoms with Crippen LogP contribution in [0.4, 0.5) is 5.13 Å². The summed E-state index contributed by atoms with van der Waals surface area (Å²) in [6, 6.07) is 8.53. The molecule has 2 fully saturated rings. The number of piperidine rings is 1. The predicted octanol–water partition coefficient (Wildman–Crippen LogP) is 4.55. The molecule has 168 valence electrons. The van der Waals surface area contributed by atoms with Crippen LogP contribution in [-0.4, -0.2) is 56.8 Å². The molecule has 1 saturated heterocycles. The van der Waals surface area contributed by atoms with Gasteiger partial charge in [-0.3, -0.25) is 14.5 Å². The largest absolute Gasteiger partial charge is 0.342 e. The summed E-state index contributed by atoms with van der Waals surface area (Å²) in [6.07, 6.45) is 4.42. The Hall–Kier alpha value is -2.04. The molecule has 0 N–H and O–H groups in total. The minimum Gasteiger partial charge on any atom is -0.342 e. The van der Waals surface area contributed by atoms with Crippen LogP contribution in [0.25, 0.3) is 10.2 Å². The first-order valence-corrected chi connectivity index (χ1v) is 13.7. The van der Waals surface area contributed by atoms with Gasteiger partial charge in [-0.15, -0.1) is 21.5 Å². The first-order valence-electron chi connectivity index (χ1n) is 11.0. The number of aromatic nitrogens is 3. The van der Waals surface area contributed by atoms with Gasteiger partial charge in [-0.25, -0.2) is 4.98 Å². The summed E-state index contributed by atoms with van der Waals surface area (Å²) in [6.45, 7) is 3.40. The molecular weight excluding hydrogens is 462 g/mol. The number of thioether (sulfide) groups is 1. The van der Waals surface area contributed by atoms with Crippen LogP contribution in [0.2, 0.25) is 0 Å². The summed E-state index contributed by atoms with van der Waals surface area (Å²) in [4.78, 5) is 33.5. The lowest BCUT2D eigenvalue weighted by atomic mass is 9.97. The van der Waals surface area contributed by atoms with Crippen LogP contribution in [0.3, 0.4) is 0 Å². The molecule has 0 atom stereocenters. The SMILES string of the molecule is CCC(=O)N(c1nnc(SCC(=O)N2CCC(c3nc4ccccc4s3)CC2)s1)C1CC1. The highest BCUT2D eigenvalue weighted by molar-refractivity contribution is 8.01. The Kier molecular flexibility index (Phi) is 6.43.